The maximum Gasteiger partial charge on any atom is 0.348 e. The van der Waals surface area contributed by atoms with Gasteiger partial charge in [-0.2, -0.15) is 0 Å². The summed E-state index contributed by atoms with van der Waals surface area (Å²) in [7, 11) is 0. The molecular weight excluding hydrogens is 313 g/mol. The Kier molecular flexibility index (Phi) is 4.53. The summed E-state index contributed by atoms with van der Waals surface area (Å²) in [5, 5.41) is 9.67. The normalized spacial score (nSPS) is 17.6. The van der Waals surface area contributed by atoms with Crippen molar-refractivity contribution in [3.63, 3.8) is 0 Å². The van der Waals surface area contributed by atoms with E-state index in [1.165, 1.54) is 12.1 Å². The van der Waals surface area contributed by atoms with Crippen LogP contribution in [0.15, 0.2) is 30.6 Å². The lowest BCUT2D eigenvalue weighted by Gasteiger charge is -2.38. The smallest absolute Gasteiger partial charge is 0.348 e. The molecule has 0 spiro atoms. The highest BCUT2D eigenvalue weighted by atomic mass is 19.1. The lowest BCUT2D eigenvalue weighted by atomic mass is 9.91. The highest BCUT2D eigenvalue weighted by Crippen LogP contribution is 2.31. The lowest BCUT2D eigenvalue weighted by molar-refractivity contribution is -0.160. The van der Waals surface area contributed by atoms with Crippen LogP contribution >= 0.6 is 0 Å². The van der Waals surface area contributed by atoms with Crippen LogP contribution in [0.5, 0.6) is 5.75 Å². The predicted molar refractivity (Wildman–Crippen MR) is 85.2 cm³/mol. The molecule has 24 heavy (non-hydrogen) atoms. The number of carboxylic acids is 1. The zero-order valence-corrected chi connectivity index (χ0v) is 13.5. The molecule has 1 aromatic carbocycles. The topological polar surface area (TPSA) is 78.5 Å². The van der Waals surface area contributed by atoms with E-state index >= 15 is 0 Å². The van der Waals surface area contributed by atoms with Gasteiger partial charge >= 0.3 is 5.97 Å². The van der Waals surface area contributed by atoms with Crippen LogP contribution in [0.1, 0.15) is 24.2 Å². The Morgan fingerprint density at radius 1 is 1.46 bits per heavy atom. The van der Waals surface area contributed by atoms with E-state index in [4.69, 9.17) is 4.74 Å². The second-order valence-corrected chi connectivity index (χ2v) is 6.15. The Bertz CT molecular complexity index is 710. The number of H-pyrrole nitrogens is 1. The van der Waals surface area contributed by atoms with Gasteiger partial charge in [0, 0.05) is 38.3 Å². The van der Waals surface area contributed by atoms with Crippen molar-refractivity contribution in [2.24, 2.45) is 0 Å². The molecule has 0 aliphatic carbocycles. The van der Waals surface area contributed by atoms with Crippen LogP contribution in [0.3, 0.4) is 0 Å². The molecule has 2 aromatic rings. The van der Waals surface area contributed by atoms with Crippen LogP contribution in [-0.2, 0) is 11.3 Å². The fourth-order valence-electron chi connectivity index (χ4n) is 2.93. The molecule has 1 aromatic heterocycles. The molecule has 2 N–H and O–H groups in total. The number of carbonyl (C=O) groups is 1. The maximum atomic E-state index is 13.9. The van der Waals surface area contributed by atoms with Crippen LogP contribution in [0.4, 0.5) is 4.39 Å². The van der Waals surface area contributed by atoms with Crippen LogP contribution in [-0.4, -0.2) is 44.6 Å². The Morgan fingerprint density at radius 3 is 2.83 bits per heavy atom. The van der Waals surface area contributed by atoms with Crippen molar-refractivity contribution in [1.82, 2.24) is 14.9 Å². The number of nitrogens with one attached hydrogen (secondary N) is 1. The first-order valence-electron chi connectivity index (χ1n) is 7.88. The average molecular weight is 333 g/mol. The number of rotatable bonds is 5. The van der Waals surface area contributed by atoms with Gasteiger partial charge in [-0.05, 0) is 24.6 Å². The number of hydrogen-bond acceptors (Lipinski definition) is 4. The van der Waals surface area contributed by atoms with Gasteiger partial charge in [-0.3, -0.25) is 4.90 Å². The van der Waals surface area contributed by atoms with E-state index in [1.54, 1.807) is 18.5 Å². The van der Waals surface area contributed by atoms with Gasteiger partial charge in [0.15, 0.2) is 11.6 Å². The van der Waals surface area contributed by atoms with Gasteiger partial charge in [0.1, 0.15) is 5.82 Å². The molecule has 7 heteroatoms. The van der Waals surface area contributed by atoms with Crippen molar-refractivity contribution in [1.29, 1.82) is 0 Å². The van der Waals surface area contributed by atoms with Crippen molar-refractivity contribution in [3.8, 4) is 5.75 Å². The number of piperidine rings is 1. The summed E-state index contributed by atoms with van der Waals surface area (Å²) in [6.45, 7) is 3.52. The fourth-order valence-corrected chi connectivity index (χ4v) is 2.93. The summed E-state index contributed by atoms with van der Waals surface area (Å²) in [5.41, 5.74) is -0.573. The molecule has 0 radical (unpaired) electrons. The standard InChI is InChI=1S/C17H20FN3O3/c1-12-2-3-13(18)14(10-12)24-17(16(22)23)4-8-21(9-5-17)11-15-19-6-7-20-15/h2-3,6-7,10H,4-5,8-9,11H2,1H3,(H,19,20)(H,22,23). The minimum Gasteiger partial charge on any atom is -0.478 e. The van der Waals surface area contributed by atoms with Crippen LogP contribution in [0.25, 0.3) is 0 Å². The highest BCUT2D eigenvalue weighted by Gasteiger charge is 2.44. The van der Waals surface area contributed by atoms with Crippen molar-refractivity contribution < 1.29 is 19.0 Å². The number of aromatic amines is 1. The molecule has 0 unspecified atom stereocenters. The Labute approximate surface area is 139 Å². The van der Waals surface area contributed by atoms with E-state index in [2.05, 4.69) is 14.9 Å². The fraction of sp³-hybridized carbons (Fsp3) is 0.412. The van der Waals surface area contributed by atoms with Crippen LogP contribution in [0.2, 0.25) is 0 Å². The van der Waals surface area contributed by atoms with Crippen molar-refractivity contribution in [2.45, 2.75) is 31.9 Å². The van der Waals surface area contributed by atoms with Crippen molar-refractivity contribution >= 4 is 5.97 Å². The molecule has 0 amide bonds. The number of carboxylic acid groups (broad SMARTS) is 1. The molecule has 1 saturated heterocycles. The SMILES string of the molecule is Cc1ccc(F)c(OC2(C(=O)O)CCN(Cc3ncc[nH]3)CC2)c1. The third kappa shape index (κ3) is 3.41. The minimum absolute atomic E-state index is 0.00288. The van der Waals surface area contributed by atoms with E-state index in [0.29, 0.717) is 19.6 Å². The van der Waals surface area contributed by atoms with Gasteiger partial charge in [-0.1, -0.05) is 6.07 Å². The molecule has 1 fully saturated rings. The highest BCUT2D eigenvalue weighted by molar-refractivity contribution is 5.78. The van der Waals surface area contributed by atoms with Crippen molar-refractivity contribution in [3.05, 3.63) is 47.8 Å². The minimum atomic E-state index is -1.39. The molecule has 128 valence electrons. The number of nitrogens with zero attached hydrogens (tertiary/aromatic N) is 2. The number of benzene rings is 1. The summed E-state index contributed by atoms with van der Waals surface area (Å²) in [6.07, 6.45) is 4.02. The first kappa shape index (κ1) is 16.4. The van der Waals surface area contributed by atoms with Gasteiger partial charge in [0.05, 0.1) is 6.54 Å². The van der Waals surface area contributed by atoms with E-state index in [1.807, 2.05) is 6.92 Å². The lowest BCUT2D eigenvalue weighted by Crippen LogP contribution is -2.53. The number of aryl methyl sites for hydroxylation is 1. The van der Waals surface area contributed by atoms with Gasteiger partial charge in [-0.25, -0.2) is 14.2 Å². The molecule has 6 nitrogen and oxygen atoms in total. The number of likely N-dealkylation sites (tertiary alicyclic amines) is 1. The molecule has 0 bridgehead atoms. The molecule has 2 heterocycles. The van der Waals surface area contributed by atoms with Gasteiger partial charge in [-0.15, -0.1) is 0 Å². The summed E-state index contributed by atoms with van der Waals surface area (Å²) in [4.78, 5) is 21.1. The zero-order valence-electron chi connectivity index (χ0n) is 13.5. The second kappa shape index (κ2) is 6.60. The second-order valence-electron chi connectivity index (χ2n) is 6.15. The first-order valence-corrected chi connectivity index (χ1v) is 7.88. The molecule has 0 saturated carbocycles. The number of aliphatic carboxylic acids is 1. The first-order chi connectivity index (χ1) is 11.5. The van der Waals surface area contributed by atoms with Gasteiger partial charge in [0.2, 0.25) is 5.60 Å². The van der Waals surface area contributed by atoms with E-state index in [9.17, 15) is 14.3 Å². The third-order valence-corrected chi connectivity index (χ3v) is 4.37. The number of ether oxygens (including phenoxy) is 1. The maximum absolute atomic E-state index is 13.9. The molecule has 0 atom stereocenters. The number of imidazole rings is 1. The van der Waals surface area contributed by atoms with E-state index in [-0.39, 0.29) is 18.6 Å². The number of hydrogen-bond donors (Lipinski definition) is 2. The predicted octanol–water partition coefficient (Wildman–Crippen LogP) is 2.36. The van der Waals surface area contributed by atoms with Gasteiger partial charge in [0.25, 0.3) is 0 Å². The Hall–Kier alpha value is -2.41. The summed E-state index contributed by atoms with van der Waals surface area (Å²) >= 11 is 0. The summed E-state index contributed by atoms with van der Waals surface area (Å²) in [6, 6.07) is 4.46. The van der Waals surface area contributed by atoms with E-state index in [0.717, 1.165) is 11.4 Å². The van der Waals surface area contributed by atoms with Crippen LogP contribution in [0, 0.1) is 12.7 Å². The zero-order chi connectivity index (χ0) is 17.2. The molecule has 3 rings (SSSR count). The number of halogens is 1. The van der Waals surface area contributed by atoms with Crippen LogP contribution < -0.4 is 4.74 Å². The Morgan fingerprint density at radius 2 is 2.21 bits per heavy atom. The third-order valence-electron chi connectivity index (χ3n) is 4.37. The van der Waals surface area contributed by atoms with Crippen molar-refractivity contribution in [2.75, 3.05) is 13.1 Å². The molecule has 1 aliphatic rings. The molecule has 1 aliphatic heterocycles. The Balaban J connectivity index is 1.71. The quantitative estimate of drug-likeness (QED) is 0.878. The number of aromatic nitrogens is 2. The summed E-state index contributed by atoms with van der Waals surface area (Å²) in [5.74, 6) is -0.763. The monoisotopic (exact) mass is 333 g/mol. The summed E-state index contributed by atoms with van der Waals surface area (Å²) < 4.78 is 19.6. The largest absolute Gasteiger partial charge is 0.478 e. The molecular formula is C17H20FN3O3. The van der Waals surface area contributed by atoms with E-state index < -0.39 is 17.4 Å². The van der Waals surface area contributed by atoms with Gasteiger partial charge < -0.3 is 14.8 Å². The average Bonchev–Trinajstić information content (AvgIpc) is 3.06.